The fraction of sp³-hybridized carbons (Fsp3) is 0.545. The van der Waals surface area contributed by atoms with Crippen LogP contribution in [0.4, 0.5) is 0 Å². The maximum Gasteiger partial charge on any atom is 0.198 e. The highest BCUT2D eigenvalue weighted by Gasteiger charge is 2.24. The van der Waals surface area contributed by atoms with E-state index in [2.05, 4.69) is 0 Å². The van der Waals surface area contributed by atoms with Gasteiger partial charge >= 0.3 is 0 Å². The largest absolute Gasteiger partial charge is 0.461 e. The van der Waals surface area contributed by atoms with Gasteiger partial charge in [0.25, 0.3) is 0 Å². The maximum atomic E-state index is 11.6. The fourth-order valence-corrected chi connectivity index (χ4v) is 2.10. The van der Waals surface area contributed by atoms with E-state index in [0.29, 0.717) is 24.1 Å². The van der Waals surface area contributed by atoms with E-state index in [1.807, 2.05) is 0 Å². The zero-order valence-corrected chi connectivity index (χ0v) is 8.11. The number of nitrogens with two attached hydrogens (primary N) is 1. The lowest BCUT2D eigenvalue weighted by Gasteiger charge is -2.06. The molecule has 0 radical (unpaired) electrons. The molecule has 3 nitrogen and oxygen atoms in total. The number of Topliss-reactive ketones (excluding diaryl/α,β-unsaturated/α-hetero) is 1. The Hall–Kier alpha value is -1.09. The molecule has 1 heterocycles. The van der Waals surface area contributed by atoms with E-state index in [1.54, 1.807) is 12.1 Å². The molecule has 0 aliphatic heterocycles. The molecule has 1 fully saturated rings. The molecule has 3 heteroatoms. The van der Waals surface area contributed by atoms with Crippen LogP contribution in [-0.2, 0) is 0 Å². The molecule has 0 spiro atoms. The summed E-state index contributed by atoms with van der Waals surface area (Å²) in [4.78, 5) is 11.6. The van der Waals surface area contributed by atoms with Crippen molar-refractivity contribution in [2.75, 3.05) is 0 Å². The summed E-state index contributed by atoms with van der Waals surface area (Å²) >= 11 is 0. The Labute approximate surface area is 83.3 Å². The van der Waals surface area contributed by atoms with Crippen molar-refractivity contribution < 1.29 is 9.21 Å². The van der Waals surface area contributed by atoms with Crippen molar-refractivity contribution in [2.45, 2.75) is 31.7 Å². The molecule has 0 bridgehead atoms. The third-order valence-electron chi connectivity index (χ3n) is 2.85. The standard InChI is InChI=1S/C11H15NO2/c12-9-4-3-8(6-9)7-10(13)11-2-1-5-14-11/h1-2,5,8-9H,3-4,6-7,12H2. The SMILES string of the molecule is NC1CCC(CC(=O)c2ccco2)C1. The summed E-state index contributed by atoms with van der Waals surface area (Å²) in [6.45, 7) is 0. The normalized spacial score (nSPS) is 26.6. The first-order valence-electron chi connectivity index (χ1n) is 5.08. The first kappa shape index (κ1) is 9.46. The van der Waals surface area contributed by atoms with Crippen molar-refractivity contribution in [3.05, 3.63) is 24.2 Å². The van der Waals surface area contributed by atoms with Gasteiger partial charge < -0.3 is 10.2 Å². The molecule has 0 aromatic carbocycles. The summed E-state index contributed by atoms with van der Waals surface area (Å²) in [7, 11) is 0. The highest BCUT2D eigenvalue weighted by atomic mass is 16.3. The van der Waals surface area contributed by atoms with Crippen LogP contribution < -0.4 is 5.73 Å². The predicted molar refractivity (Wildman–Crippen MR) is 53.0 cm³/mol. The Morgan fingerprint density at radius 3 is 3.00 bits per heavy atom. The molecule has 1 aliphatic rings. The van der Waals surface area contributed by atoms with Gasteiger partial charge in [-0.2, -0.15) is 0 Å². The summed E-state index contributed by atoms with van der Waals surface area (Å²) < 4.78 is 5.05. The van der Waals surface area contributed by atoms with Crippen LogP contribution in [0.1, 0.15) is 36.2 Å². The van der Waals surface area contributed by atoms with Crippen LogP contribution in [0.15, 0.2) is 22.8 Å². The number of hydrogen-bond donors (Lipinski definition) is 1. The van der Waals surface area contributed by atoms with Crippen LogP contribution in [0.5, 0.6) is 0 Å². The highest BCUT2D eigenvalue weighted by Crippen LogP contribution is 2.28. The zero-order chi connectivity index (χ0) is 9.97. The number of rotatable bonds is 3. The molecule has 2 unspecified atom stereocenters. The second-order valence-corrected chi connectivity index (χ2v) is 4.04. The lowest BCUT2D eigenvalue weighted by molar-refractivity contribution is 0.0934. The molecule has 14 heavy (non-hydrogen) atoms. The number of carbonyl (C=O) groups excluding carboxylic acids is 1. The second-order valence-electron chi connectivity index (χ2n) is 4.04. The van der Waals surface area contributed by atoms with Gasteiger partial charge in [-0.25, -0.2) is 0 Å². The third-order valence-corrected chi connectivity index (χ3v) is 2.85. The van der Waals surface area contributed by atoms with Crippen LogP contribution in [0.25, 0.3) is 0 Å². The fourth-order valence-electron chi connectivity index (χ4n) is 2.10. The van der Waals surface area contributed by atoms with E-state index >= 15 is 0 Å². The number of furan rings is 1. The minimum Gasteiger partial charge on any atom is -0.461 e. The van der Waals surface area contributed by atoms with Gasteiger partial charge in [-0.3, -0.25) is 4.79 Å². The molecule has 76 valence electrons. The van der Waals surface area contributed by atoms with Crippen molar-refractivity contribution in [3.8, 4) is 0 Å². The van der Waals surface area contributed by atoms with Crippen molar-refractivity contribution >= 4 is 5.78 Å². The van der Waals surface area contributed by atoms with Crippen LogP contribution in [0.3, 0.4) is 0 Å². The second kappa shape index (κ2) is 3.96. The van der Waals surface area contributed by atoms with E-state index in [4.69, 9.17) is 10.2 Å². The van der Waals surface area contributed by atoms with E-state index in [-0.39, 0.29) is 5.78 Å². The Morgan fingerprint density at radius 2 is 2.43 bits per heavy atom. The molecule has 1 saturated carbocycles. The molecule has 1 aromatic heterocycles. The van der Waals surface area contributed by atoms with Gasteiger partial charge in [-0.1, -0.05) is 0 Å². The van der Waals surface area contributed by atoms with Crippen LogP contribution >= 0.6 is 0 Å². The first-order valence-corrected chi connectivity index (χ1v) is 5.08. The molecule has 0 amide bonds. The summed E-state index contributed by atoms with van der Waals surface area (Å²) in [6, 6.07) is 3.76. The molecule has 2 atom stereocenters. The van der Waals surface area contributed by atoms with Crippen molar-refractivity contribution in [1.29, 1.82) is 0 Å². The maximum absolute atomic E-state index is 11.6. The summed E-state index contributed by atoms with van der Waals surface area (Å²) in [5, 5.41) is 0. The Kier molecular flexibility index (Phi) is 2.68. The van der Waals surface area contributed by atoms with E-state index < -0.39 is 0 Å². The third kappa shape index (κ3) is 2.04. The van der Waals surface area contributed by atoms with E-state index in [9.17, 15) is 4.79 Å². The minimum absolute atomic E-state index is 0.106. The molecule has 2 rings (SSSR count). The smallest absolute Gasteiger partial charge is 0.198 e. The van der Waals surface area contributed by atoms with Crippen molar-refractivity contribution in [2.24, 2.45) is 11.7 Å². The predicted octanol–water partition coefficient (Wildman–Crippen LogP) is 1.98. The summed E-state index contributed by atoms with van der Waals surface area (Å²) in [6.07, 6.45) is 5.23. The van der Waals surface area contributed by atoms with Crippen LogP contribution in [-0.4, -0.2) is 11.8 Å². The van der Waals surface area contributed by atoms with E-state index in [1.165, 1.54) is 6.26 Å². The Bertz CT molecular complexity index is 305. The van der Waals surface area contributed by atoms with Gasteiger partial charge in [0, 0.05) is 12.5 Å². The zero-order valence-electron chi connectivity index (χ0n) is 8.11. The Morgan fingerprint density at radius 1 is 1.57 bits per heavy atom. The number of hydrogen-bond acceptors (Lipinski definition) is 3. The molecular formula is C11H15NO2. The minimum atomic E-state index is 0.106. The first-order chi connectivity index (χ1) is 6.75. The summed E-state index contributed by atoms with van der Waals surface area (Å²) in [5.41, 5.74) is 5.78. The lowest BCUT2D eigenvalue weighted by Crippen LogP contribution is -2.15. The molecule has 2 N–H and O–H groups in total. The number of carbonyl (C=O) groups is 1. The highest BCUT2D eigenvalue weighted by molar-refractivity contribution is 5.93. The molecule has 0 saturated heterocycles. The van der Waals surface area contributed by atoms with Crippen molar-refractivity contribution in [3.63, 3.8) is 0 Å². The van der Waals surface area contributed by atoms with Crippen molar-refractivity contribution in [1.82, 2.24) is 0 Å². The molecule has 1 aliphatic carbocycles. The average molecular weight is 193 g/mol. The van der Waals surface area contributed by atoms with Gasteiger partial charge in [-0.15, -0.1) is 0 Å². The van der Waals surface area contributed by atoms with Crippen LogP contribution in [0, 0.1) is 5.92 Å². The lowest BCUT2D eigenvalue weighted by atomic mass is 10.00. The van der Waals surface area contributed by atoms with E-state index in [0.717, 1.165) is 19.3 Å². The van der Waals surface area contributed by atoms with Gasteiger partial charge in [-0.05, 0) is 37.3 Å². The molecule has 1 aromatic rings. The van der Waals surface area contributed by atoms with Gasteiger partial charge in [0.2, 0.25) is 0 Å². The topological polar surface area (TPSA) is 56.2 Å². The monoisotopic (exact) mass is 193 g/mol. The van der Waals surface area contributed by atoms with Gasteiger partial charge in [0.15, 0.2) is 11.5 Å². The van der Waals surface area contributed by atoms with Gasteiger partial charge in [0.05, 0.1) is 6.26 Å². The number of ketones is 1. The quantitative estimate of drug-likeness (QED) is 0.747. The molecular weight excluding hydrogens is 178 g/mol. The van der Waals surface area contributed by atoms with Gasteiger partial charge in [0.1, 0.15) is 0 Å². The Balaban J connectivity index is 1.89. The summed E-state index contributed by atoms with van der Waals surface area (Å²) in [5.74, 6) is 1.04. The average Bonchev–Trinajstić information content (AvgIpc) is 2.75. The van der Waals surface area contributed by atoms with Crippen LogP contribution in [0.2, 0.25) is 0 Å².